The molecule has 0 amide bonds. The van der Waals surface area contributed by atoms with Gasteiger partial charge in [0.1, 0.15) is 0 Å². The van der Waals surface area contributed by atoms with Crippen molar-refractivity contribution in [3.05, 3.63) is 29.3 Å². The monoisotopic (exact) mass is 246 g/mol. The first-order chi connectivity index (χ1) is 8.70. The average Bonchev–Trinajstić information content (AvgIpc) is 2.74. The second-order valence-corrected chi connectivity index (χ2v) is 5.62. The van der Waals surface area contributed by atoms with Crippen molar-refractivity contribution < 1.29 is 4.74 Å². The highest BCUT2D eigenvalue weighted by Crippen LogP contribution is 2.24. The minimum atomic E-state index is 0.352. The van der Waals surface area contributed by atoms with Crippen LogP contribution in [0, 0.1) is 0 Å². The summed E-state index contributed by atoms with van der Waals surface area (Å²) >= 11 is 0. The van der Waals surface area contributed by atoms with E-state index in [1.165, 1.54) is 23.2 Å². The van der Waals surface area contributed by atoms with Gasteiger partial charge >= 0.3 is 0 Å². The van der Waals surface area contributed by atoms with Crippen LogP contribution in [0.15, 0.2) is 18.2 Å². The quantitative estimate of drug-likeness (QED) is 0.866. The molecule has 0 spiro atoms. The van der Waals surface area contributed by atoms with E-state index >= 15 is 0 Å². The van der Waals surface area contributed by atoms with Gasteiger partial charge in [-0.3, -0.25) is 4.90 Å². The number of nitrogens with zero attached hydrogens (tertiary/aromatic N) is 1. The van der Waals surface area contributed by atoms with Crippen LogP contribution in [0.3, 0.4) is 0 Å². The zero-order chi connectivity index (χ0) is 12.5. The van der Waals surface area contributed by atoms with Gasteiger partial charge in [-0.15, -0.1) is 0 Å². The van der Waals surface area contributed by atoms with E-state index < -0.39 is 0 Å². The van der Waals surface area contributed by atoms with Crippen LogP contribution < -0.4 is 5.32 Å². The first kappa shape index (κ1) is 12.0. The molecule has 0 unspecified atom stereocenters. The highest BCUT2D eigenvalue weighted by atomic mass is 16.5. The summed E-state index contributed by atoms with van der Waals surface area (Å²) in [4.78, 5) is 2.50. The first-order valence-corrected chi connectivity index (χ1v) is 6.94. The molecule has 2 aliphatic rings. The predicted octanol–water partition coefficient (Wildman–Crippen LogP) is 2.26. The number of benzene rings is 1. The maximum atomic E-state index is 5.78. The summed E-state index contributed by atoms with van der Waals surface area (Å²) in [6.45, 7) is 8.54. The predicted molar refractivity (Wildman–Crippen MR) is 73.9 cm³/mol. The molecule has 0 bridgehead atoms. The van der Waals surface area contributed by atoms with Crippen molar-refractivity contribution in [3.8, 4) is 0 Å². The highest BCUT2D eigenvalue weighted by molar-refractivity contribution is 5.56. The average molecular weight is 246 g/mol. The Hall–Kier alpha value is -1.06. The summed E-state index contributed by atoms with van der Waals surface area (Å²) < 4.78 is 5.78. The molecule has 0 radical (unpaired) electrons. The van der Waals surface area contributed by atoms with Gasteiger partial charge in [0, 0.05) is 31.9 Å². The number of rotatable bonds is 2. The van der Waals surface area contributed by atoms with Crippen molar-refractivity contribution in [2.75, 3.05) is 25.0 Å². The first-order valence-electron chi connectivity index (χ1n) is 6.94. The molecule has 0 saturated carbocycles. The van der Waals surface area contributed by atoms with Crippen LogP contribution in [0.2, 0.25) is 0 Å². The fourth-order valence-corrected chi connectivity index (χ4v) is 3.13. The molecule has 2 aliphatic heterocycles. The molecule has 0 aromatic heterocycles. The van der Waals surface area contributed by atoms with Crippen LogP contribution in [-0.4, -0.2) is 36.7 Å². The van der Waals surface area contributed by atoms with E-state index in [1.807, 2.05) is 0 Å². The molecule has 18 heavy (non-hydrogen) atoms. The van der Waals surface area contributed by atoms with Gasteiger partial charge in [0.05, 0.1) is 12.2 Å². The van der Waals surface area contributed by atoms with Crippen LogP contribution in [0.25, 0.3) is 0 Å². The van der Waals surface area contributed by atoms with Crippen molar-refractivity contribution in [1.29, 1.82) is 0 Å². The number of hydrogen-bond acceptors (Lipinski definition) is 3. The van der Waals surface area contributed by atoms with Gasteiger partial charge in [0.15, 0.2) is 0 Å². The van der Waals surface area contributed by atoms with Crippen molar-refractivity contribution >= 4 is 5.69 Å². The summed E-state index contributed by atoms with van der Waals surface area (Å²) in [5.74, 6) is 0. The highest BCUT2D eigenvalue weighted by Gasteiger charge is 2.22. The minimum Gasteiger partial charge on any atom is -0.384 e. The second-order valence-electron chi connectivity index (χ2n) is 5.62. The molecule has 3 nitrogen and oxygen atoms in total. The molecule has 3 heteroatoms. The summed E-state index contributed by atoms with van der Waals surface area (Å²) in [5.41, 5.74) is 4.23. The lowest BCUT2D eigenvalue weighted by molar-refractivity contribution is -0.0704. The molecule has 0 aliphatic carbocycles. The normalized spacial score (nSPS) is 27.9. The van der Waals surface area contributed by atoms with E-state index in [-0.39, 0.29) is 0 Å². The van der Waals surface area contributed by atoms with Crippen LogP contribution in [0.4, 0.5) is 5.69 Å². The number of anilines is 1. The maximum Gasteiger partial charge on any atom is 0.0678 e. The third-order valence-electron chi connectivity index (χ3n) is 3.78. The molecule has 1 N–H and O–H groups in total. The fourth-order valence-electron chi connectivity index (χ4n) is 3.13. The Morgan fingerprint density at radius 3 is 2.83 bits per heavy atom. The smallest absolute Gasteiger partial charge is 0.0678 e. The largest absolute Gasteiger partial charge is 0.384 e. The molecule has 1 fully saturated rings. The van der Waals surface area contributed by atoms with Gasteiger partial charge in [-0.25, -0.2) is 0 Å². The van der Waals surface area contributed by atoms with E-state index in [9.17, 15) is 0 Å². The number of fused-ring (bicyclic) bond motifs is 1. The van der Waals surface area contributed by atoms with Crippen molar-refractivity contribution in [3.63, 3.8) is 0 Å². The van der Waals surface area contributed by atoms with E-state index in [2.05, 4.69) is 42.3 Å². The Morgan fingerprint density at radius 1 is 1.28 bits per heavy atom. The van der Waals surface area contributed by atoms with Crippen molar-refractivity contribution in [2.24, 2.45) is 0 Å². The van der Waals surface area contributed by atoms with Crippen LogP contribution in [0.5, 0.6) is 0 Å². The van der Waals surface area contributed by atoms with Gasteiger partial charge in [-0.2, -0.15) is 0 Å². The molecule has 2 atom stereocenters. The molecule has 98 valence electrons. The lowest BCUT2D eigenvalue weighted by atomic mass is 10.1. The number of ether oxygens (including phenoxy) is 1. The molecule has 2 heterocycles. The summed E-state index contributed by atoms with van der Waals surface area (Å²) in [7, 11) is 0. The van der Waals surface area contributed by atoms with Gasteiger partial charge < -0.3 is 10.1 Å². The molecular formula is C15H22N2O. The summed E-state index contributed by atoms with van der Waals surface area (Å²) in [5, 5.41) is 3.41. The molecule has 1 saturated heterocycles. The summed E-state index contributed by atoms with van der Waals surface area (Å²) in [6.07, 6.45) is 1.87. The topological polar surface area (TPSA) is 24.5 Å². The second kappa shape index (κ2) is 4.90. The molecular weight excluding hydrogens is 224 g/mol. The van der Waals surface area contributed by atoms with E-state index in [1.54, 1.807) is 0 Å². The third kappa shape index (κ3) is 2.52. The lowest BCUT2D eigenvalue weighted by Crippen LogP contribution is -2.44. The van der Waals surface area contributed by atoms with Crippen molar-refractivity contribution in [1.82, 2.24) is 4.90 Å². The van der Waals surface area contributed by atoms with Crippen LogP contribution >= 0.6 is 0 Å². The Kier molecular flexibility index (Phi) is 3.27. The van der Waals surface area contributed by atoms with Gasteiger partial charge in [-0.1, -0.05) is 12.1 Å². The number of morpholine rings is 1. The maximum absolute atomic E-state index is 5.78. The zero-order valence-electron chi connectivity index (χ0n) is 11.3. The van der Waals surface area contributed by atoms with Gasteiger partial charge in [0.2, 0.25) is 0 Å². The van der Waals surface area contributed by atoms with Gasteiger partial charge in [-0.05, 0) is 37.5 Å². The van der Waals surface area contributed by atoms with Crippen LogP contribution in [-0.2, 0) is 17.7 Å². The Morgan fingerprint density at radius 2 is 2.06 bits per heavy atom. The fraction of sp³-hybridized carbons (Fsp3) is 0.600. The number of hydrogen-bond donors (Lipinski definition) is 1. The van der Waals surface area contributed by atoms with E-state index in [0.717, 1.165) is 26.2 Å². The Balaban J connectivity index is 1.69. The Bertz CT molecular complexity index is 423. The third-order valence-corrected chi connectivity index (χ3v) is 3.78. The lowest BCUT2D eigenvalue weighted by Gasteiger charge is -2.35. The summed E-state index contributed by atoms with van der Waals surface area (Å²) in [6, 6.07) is 6.84. The molecule has 3 rings (SSSR count). The van der Waals surface area contributed by atoms with Gasteiger partial charge in [0.25, 0.3) is 0 Å². The van der Waals surface area contributed by atoms with E-state index in [4.69, 9.17) is 4.74 Å². The minimum absolute atomic E-state index is 0.352. The SMILES string of the molecule is C[C@@H]1CN(Cc2ccc3c(c2)CCN3)C[C@H](C)O1. The van der Waals surface area contributed by atoms with E-state index in [0.29, 0.717) is 12.2 Å². The standard InChI is InChI=1S/C15H22N2O/c1-11-8-17(9-12(2)18-11)10-13-3-4-15-14(7-13)5-6-16-15/h3-4,7,11-12,16H,5-6,8-10H2,1-2H3/t11-,12+. The molecule has 1 aromatic rings. The Labute approximate surface area is 109 Å². The van der Waals surface area contributed by atoms with Crippen LogP contribution in [0.1, 0.15) is 25.0 Å². The van der Waals surface area contributed by atoms with Crippen molar-refractivity contribution in [2.45, 2.75) is 39.0 Å². The zero-order valence-corrected chi connectivity index (χ0v) is 11.3. The molecule has 1 aromatic carbocycles. The number of nitrogens with one attached hydrogen (secondary N) is 1.